The Labute approximate surface area is 126 Å². The van der Waals surface area contributed by atoms with Crippen LogP contribution in [0.25, 0.3) is 0 Å². The van der Waals surface area contributed by atoms with Gasteiger partial charge in [0.05, 0.1) is 12.7 Å². The van der Waals surface area contributed by atoms with Gasteiger partial charge in [-0.3, -0.25) is 0 Å². The van der Waals surface area contributed by atoms with Crippen LogP contribution in [0.1, 0.15) is 45.1 Å². The first kappa shape index (κ1) is 15.8. The zero-order valence-electron chi connectivity index (χ0n) is 13.0. The van der Waals surface area contributed by atoms with Gasteiger partial charge >= 0.3 is 0 Å². The number of methoxy groups -OCH3 is 1. The van der Waals surface area contributed by atoms with Crippen LogP contribution in [-0.4, -0.2) is 25.3 Å². The smallest absolute Gasteiger partial charge is 0.122 e. The average Bonchev–Trinajstić information content (AvgIpc) is 2.46. The van der Waals surface area contributed by atoms with Gasteiger partial charge in [-0.05, 0) is 38.7 Å². The summed E-state index contributed by atoms with van der Waals surface area (Å²) in [5.74, 6) is -0.291. The SMILES string of the molecule is CC[C@]1(C)C[C@](CC(=O)[O-])(c2ccccc2OC)CCO1. The number of para-hydroxylation sites is 1. The number of hydrogen-bond donors (Lipinski definition) is 0. The normalized spacial score (nSPS) is 29.1. The molecule has 1 aliphatic rings. The standard InChI is InChI=1S/C17H24O4/c1-4-16(2)12-17(9-10-21-16,11-15(18)19)13-7-5-6-8-14(13)20-3/h5-8H,4,9-12H2,1-3H3,(H,18,19)/p-1/t16-,17+/m1/s1. The van der Waals surface area contributed by atoms with Crippen molar-refractivity contribution < 1.29 is 19.4 Å². The molecule has 1 fully saturated rings. The molecule has 1 heterocycles. The van der Waals surface area contributed by atoms with Gasteiger partial charge < -0.3 is 19.4 Å². The number of rotatable bonds is 5. The number of ether oxygens (including phenoxy) is 2. The maximum absolute atomic E-state index is 11.4. The third kappa shape index (κ3) is 3.21. The van der Waals surface area contributed by atoms with E-state index in [9.17, 15) is 9.90 Å². The molecule has 21 heavy (non-hydrogen) atoms. The van der Waals surface area contributed by atoms with Gasteiger partial charge in [-0.15, -0.1) is 0 Å². The minimum Gasteiger partial charge on any atom is -0.550 e. The Morgan fingerprint density at radius 2 is 2.14 bits per heavy atom. The molecule has 4 heteroatoms. The molecule has 0 aromatic heterocycles. The highest BCUT2D eigenvalue weighted by molar-refractivity contribution is 5.67. The zero-order chi connectivity index (χ0) is 15.5. The lowest BCUT2D eigenvalue weighted by atomic mass is 9.66. The fourth-order valence-electron chi connectivity index (χ4n) is 3.41. The van der Waals surface area contributed by atoms with Crippen LogP contribution in [0.2, 0.25) is 0 Å². The number of carboxylic acid groups (broad SMARTS) is 1. The van der Waals surface area contributed by atoms with Gasteiger partial charge in [0.15, 0.2) is 0 Å². The summed E-state index contributed by atoms with van der Waals surface area (Å²) in [6.45, 7) is 4.67. The molecule has 0 unspecified atom stereocenters. The highest BCUT2D eigenvalue weighted by Gasteiger charge is 2.44. The van der Waals surface area contributed by atoms with Gasteiger partial charge in [0.25, 0.3) is 0 Å². The van der Waals surface area contributed by atoms with Crippen molar-refractivity contribution >= 4 is 5.97 Å². The molecule has 116 valence electrons. The van der Waals surface area contributed by atoms with E-state index in [0.29, 0.717) is 19.4 Å². The number of hydrogen-bond acceptors (Lipinski definition) is 4. The second kappa shape index (κ2) is 6.06. The van der Waals surface area contributed by atoms with E-state index in [1.54, 1.807) is 7.11 Å². The van der Waals surface area contributed by atoms with Crippen LogP contribution >= 0.6 is 0 Å². The summed E-state index contributed by atoms with van der Waals surface area (Å²) in [4.78, 5) is 11.4. The summed E-state index contributed by atoms with van der Waals surface area (Å²) in [6.07, 6.45) is 2.16. The molecule has 0 saturated carbocycles. The Morgan fingerprint density at radius 1 is 1.43 bits per heavy atom. The van der Waals surface area contributed by atoms with Crippen LogP contribution < -0.4 is 9.84 Å². The Morgan fingerprint density at radius 3 is 2.76 bits per heavy atom. The maximum atomic E-state index is 11.4. The van der Waals surface area contributed by atoms with Crippen LogP contribution in [0.5, 0.6) is 5.75 Å². The molecular weight excluding hydrogens is 268 g/mol. The molecule has 0 radical (unpaired) electrons. The van der Waals surface area contributed by atoms with E-state index < -0.39 is 11.4 Å². The van der Waals surface area contributed by atoms with E-state index in [2.05, 4.69) is 6.92 Å². The number of carboxylic acids is 1. The van der Waals surface area contributed by atoms with Gasteiger partial charge in [-0.2, -0.15) is 0 Å². The molecule has 0 spiro atoms. The average molecular weight is 291 g/mol. The minimum absolute atomic E-state index is 0.00762. The quantitative estimate of drug-likeness (QED) is 0.833. The molecule has 0 amide bonds. The molecule has 0 aliphatic carbocycles. The zero-order valence-corrected chi connectivity index (χ0v) is 13.0. The number of carbonyl (C=O) groups is 1. The van der Waals surface area contributed by atoms with E-state index in [0.717, 1.165) is 17.7 Å². The molecular formula is C17H23O4-. The maximum Gasteiger partial charge on any atom is 0.122 e. The summed E-state index contributed by atoms with van der Waals surface area (Å²) >= 11 is 0. The monoisotopic (exact) mass is 291 g/mol. The lowest BCUT2D eigenvalue weighted by Gasteiger charge is -2.47. The van der Waals surface area contributed by atoms with Crippen molar-refractivity contribution in [3.8, 4) is 5.75 Å². The summed E-state index contributed by atoms with van der Waals surface area (Å²) in [7, 11) is 1.61. The molecule has 1 saturated heterocycles. The molecule has 2 atom stereocenters. The van der Waals surface area contributed by atoms with Crippen LogP contribution in [0.3, 0.4) is 0 Å². The van der Waals surface area contributed by atoms with E-state index in [1.165, 1.54) is 0 Å². The first-order chi connectivity index (χ1) is 9.95. The summed E-state index contributed by atoms with van der Waals surface area (Å²) < 4.78 is 11.3. The number of carbonyl (C=O) groups excluding carboxylic acids is 1. The summed E-state index contributed by atoms with van der Waals surface area (Å²) in [6, 6.07) is 7.66. The van der Waals surface area contributed by atoms with Gasteiger partial charge in [0, 0.05) is 23.6 Å². The van der Waals surface area contributed by atoms with Crippen LogP contribution in [0.4, 0.5) is 0 Å². The number of benzene rings is 1. The van der Waals surface area contributed by atoms with Crippen molar-refractivity contribution in [1.29, 1.82) is 0 Å². The lowest BCUT2D eigenvalue weighted by molar-refractivity contribution is -0.308. The highest BCUT2D eigenvalue weighted by atomic mass is 16.5. The largest absolute Gasteiger partial charge is 0.550 e. The van der Waals surface area contributed by atoms with Gasteiger partial charge in [0.2, 0.25) is 0 Å². The van der Waals surface area contributed by atoms with E-state index in [1.807, 2.05) is 31.2 Å². The Balaban J connectivity index is 2.49. The Kier molecular flexibility index (Phi) is 4.57. The van der Waals surface area contributed by atoms with Gasteiger partial charge in [0.1, 0.15) is 5.75 Å². The molecule has 0 bridgehead atoms. The molecule has 1 aromatic rings. The molecule has 1 aliphatic heterocycles. The topological polar surface area (TPSA) is 58.6 Å². The first-order valence-electron chi connectivity index (χ1n) is 7.42. The van der Waals surface area contributed by atoms with Gasteiger partial charge in [-0.25, -0.2) is 0 Å². The van der Waals surface area contributed by atoms with Crippen molar-refractivity contribution in [2.45, 2.75) is 50.5 Å². The fraction of sp³-hybridized carbons (Fsp3) is 0.588. The summed E-state index contributed by atoms with van der Waals surface area (Å²) in [5, 5.41) is 11.4. The molecule has 1 aromatic carbocycles. The highest BCUT2D eigenvalue weighted by Crippen LogP contribution is 2.47. The third-order valence-corrected chi connectivity index (χ3v) is 4.65. The van der Waals surface area contributed by atoms with Gasteiger partial charge in [-0.1, -0.05) is 25.1 Å². The van der Waals surface area contributed by atoms with E-state index in [-0.39, 0.29) is 12.0 Å². The molecule has 2 rings (SSSR count). The van der Waals surface area contributed by atoms with Crippen molar-refractivity contribution in [3.63, 3.8) is 0 Å². The predicted molar refractivity (Wildman–Crippen MR) is 78.2 cm³/mol. The predicted octanol–water partition coefficient (Wildman–Crippen LogP) is 2.05. The van der Waals surface area contributed by atoms with E-state index in [4.69, 9.17) is 9.47 Å². The van der Waals surface area contributed by atoms with Crippen LogP contribution in [0.15, 0.2) is 24.3 Å². The summed E-state index contributed by atoms with van der Waals surface area (Å²) in [5.41, 5.74) is 0.142. The van der Waals surface area contributed by atoms with Crippen molar-refractivity contribution in [3.05, 3.63) is 29.8 Å². The van der Waals surface area contributed by atoms with E-state index >= 15 is 0 Å². The van der Waals surface area contributed by atoms with Crippen LogP contribution in [0, 0.1) is 0 Å². The lowest BCUT2D eigenvalue weighted by Crippen LogP contribution is -2.48. The second-order valence-electron chi connectivity index (χ2n) is 6.11. The Hall–Kier alpha value is -1.55. The van der Waals surface area contributed by atoms with Crippen molar-refractivity contribution in [1.82, 2.24) is 0 Å². The fourth-order valence-corrected chi connectivity index (χ4v) is 3.41. The van der Waals surface area contributed by atoms with Crippen LogP contribution in [-0.2, 0) is 14.9 Å². The van der Waals surface area contributed by atoms with Crippen molar-refractivity contribution in [2.75, 3.05) is 13.7 Å². The minimum atomic E-state index is -1.03. The Bertz CT molecular complexity index is 513. The first-order valence-corrected chi connectivity index (χ1v) is 7.42. The third-order valence-electron chi connectivity index (χ3n) is 4.65. The second-order valence-corrected chi connectivity index (χ2v) is 6.11. The van der Waals surface area contributed by atoms with Crippen molar-refractivity contribution in [2.24, 2.45) is 0 Å². The number of aliphatic carboxylic acids is 1. The molecule has 4 nitrogen and oxygen atoms in total. The molecule has 0 N–H and O–H groups in total.